The van der Waals surface area contributed by atoms with Gasteiger partial charge in [-0.15, -0.1) is 0 Å². The van der Waals surface area contributed by atoms with E-state index in [9.17, 15) is 19.7 Å². The number of non-ortho nitro benzene ring substituents is 1. The van der Waals surface area contributed by atoms with Gasteiger partial charge in [0, 0.05) is 17.7 Å². The SMILES string of the molecule is O=C(c1cccc([N+](=O)[O-])c1)c1nc2ccccc2[nH]c1=O. The van der Waals surface area contributed by atoms with Crippen LogP contribution in [0.15, 0.2) is 53.3 Å². The van der Waals surface area contributed by atoms with Crippen molar-refractivity contribution in [1.82, 2.24) is 9.97 Å². The molecule has 2 aromatic carbocycles. The third-order valence-corrected chi connectivity index (χ3v) is 3.13. The number of hydrogen-bond acceptors (Lipinski definition) is 5. The van der Waals surface area contributed by atoms with Gasteiger partial charge in [0.25, 0.3) is 11.2 Å². The van der Waals surface area contributed by atoms with Crippen LogP contribution in [0.25, 0.3) is 11.0 Å². The summed E-state index contributed by atoms with van der Waals surface area (Å²) in [6.45, 7) is 0. The van der Waals surface area contributed by atoms with Gasteiger partial charge in [-0.05, 0) is 12.1 Å². The molecule has 0 spiro atoms. The van der Waals surface area contributed by atoms with Gasteiger partial charge in [-0.2, -0.15) is 0 Å². The molecule has 1 N–H and O–H groups in total. The van der Waals surface area contributed by atoms with Crippen molar-refractivity contribution < 1.29 is 9.72 Å². The second-order valence-corrected chi connectivity index (χ2v) is 4.57. The summed E-state index contributed by atoms with van der Waals surface area (Å²) in [5.74, 6) is -0.657. The van der Waals surface area contributed by atoms with Crippen molar-refractivity contribution in [2.45, 2.75) is 0 Å². The number of hydrogen-bond donors (Lipinski definition) is 1. The molecule has 0 saturated carbocycles. The first-order chi connectivity index (χ1) is 10.6. The fourth-order valence-corrected chi connectivity index (χ4v) is 2.08. The predicted molar refractivity (Wildman–Crippen MR) is 78.9 cm³/mol. The number of nitro benzene ring substituents is 1. The minimum Gasteiger partial charge on any atom is -0.319 e. The minimum absolute atomic E-state index is 0.0440. The number of rotatable bonds is 3. The highest BCUT2D eigenvalue weighted by atomic mass is 16.6. The molecule has 1 heterocycles. The maximum atomic E-state index is 12.4. The van der Waals surface area contributed by atoms with E-state index in [0.29, 0.717) is 11.0 Å². The Bertz CT molecular complexity index is 962. The zero-order valence-electron chi connectivity index (χ0n) is 11.1. The van der Waals surface area contributed by atoms with Crippen LogP contribution in [-0.2, 0) is 0 Å². The number of benzene rings is 2. The Morgan fingerprint density at radius 3 is 2.68 bits per heavy atom. The average molecular weight is 295 g/mol. The Kier molecular flexibility index (Phi) is 3.23. The summed E-state index contributed by atoms with van der Waals surface area (Å²) in [4.78, 5) is 41.2. The first-order valence-corrected chi connectivity index (χ1v) is 6.34. The molecule has 7 heteroatoms. The Morgan fingerprint density at radius 2 is 1.91 bits per heavy atom. The molecule has 0 aliphatic rings. The smallest absolute Gasteiger partial charge is 0.278 e. The van der Waals surface area contributed by atoms with E-state index in [1.54, 1.807) is 24.3 Å². The summed E-state index contributed by atoms with van der Waals surface area (Å²) >= 11 is 0. The normalized spacial score (nSPS) is 10.5. The molecule has 7 nitrogen and oxygen atoms in total. The molecule has 0 aliphatic carbocycles. The molecule has 3 rings (SSSR count). The lowest BCUT2D eigenvalue weighted by Crippen LogP contribution is -2.20. The maximum Gasteiger partial charge on any atom is 0.278 e. The third-order valence-electron chi connectivity index (χ3n) is 3.13. The van der Waals surface area contributed by atoms with E-state index in [0.717, 1.165) is 6.07 Å². The van der Waals surface area contributed by atoms with Crippen LogP contribution in [0.2, 0.25) is 0 Å². The van der Waals surface area contributed by atoms with Crippen molar-refractivity contribution in [2.75, 3.05) is 0 Å². The molecule has 1 aromatic heterocycles. The highest BCUT2D eigenvalue weighted by molar-refractivity contribution is 6.08. The van der Waals surface area contributed by atoms with Gasteiger partial charge in [-0.1, -0.05) is 24.3 Å². The lowest BCUT2D eigenvalue weighted by molar-refractivity contribution is -0.384. The summed E-state index contributed by atoms with van der Waals surface area (Å²) in [5, 5.41) is 10.8. The molecule has 0 atom stereocenters. The molecule has 0 unspecified atom stereocenters. The first kappa shape index (κ1) is 13.6. The number of aromatic amines is 1. The van der Waals surface area contributed by atoms with Crippen molar-refractivity contribution in [2.24, 2.45) is 0 Å². The van der Waals surface area contributed by atoms with Crippen molar-refractivity contribution in [1.29, 1.82) is 0 Å². The second kappa shape index (κ2) is 5.21. The monoisotopic (exact) mass is 295 g/mol. The minimum atomic E-state index is -0.657. The molecule has 108 valence electrons. The third kappa shape index (κ3) is 2.35. The van der Waals surface area contributed by atoms with E-state index in [1.165, 1.54) is 18.2 Å². The van der Waals surface area contributed by atoms with Crippen LogP contribution in [0, 0.1) is 10.1 Å². The van der Waals surface area contributed by atoms with Gasteiger partial charge in [0.15, 0.2) is 5.69 Å². The number of carbonyl (C=O) groups is 1. The number of carbonyl (C=O) groups excluding carboxylic acids is 1. The lowest BCUT2D eigenvalue weighted by atomic mass is 10.1. The fourth-order valence-electron chi connectivity index (χ4n) is 2.08. The maximum absolute atomic E-state index is 12.4. The zero-order chi connectivity index (χ0) is 15.7. The quantitative estimate of drug-likeness (QED) is 0.452. The van der Waals surface area contributed by atoms with Crippen molar-refractivity contribution in [3.8, 4) is 0 Å². The van der Waals surface area contributed by atoms with Crippen LogP contribution in [0.4, 0.5) is 5.69 Å². The summed E-state index contributed by atoms with van der Waals surface area (Å²) in [5.41, 5.74) is -0.112. The number of nitro groups is 1. The molecule has 0 fully saturated rings. The van der Waals surface area contributed by atoms with Gasteiger partial charge in [-0.3, -0.25) is 19.7 Å². The summed E-state index contributed by atoms with van der Waals surface area (Å²) in [7, 11) is 0. The van der Waals surface area contributed by atoms with E-state index < -0.39 is 16.3 Å². The van der Waals surface area contributed by atoms with Crippen LogP contribution in [-0.4, -0.2) is 20.7 Å². The Labute approximate surface area is 123 Å². The van der Waals surface area contributed by atoms with Crippen molar-refractivity contribution in [3.05, 3.63) is 80.3 Å². The van der Waals surface area contributed by atoms with E-state index in [-0.39, 0.29) is 16.9 Å². The Balaban J connectivity index is 2.12. The molecule has 0 bridgehead atoms. The average Bonchev–Trinajstić information content (AvgIpc) is 2.53. The van der Waals surface area contributed by atoms with Crippen molar-refractivity contribution >= 4 is 22.5 Å². The molecule has 3 aromatic rings. The molecule has 0 radical (unpaired) electrons. The second-order valence-electron chi connectivity index (χ2n) is 4.57. The van der Waals surface area contributed by atoms with Gasteiger partial charge >= 0.3 is 0 Å². The molecular weight excluding hydrogens is 286 g/mol. The van der Waals surface area contributed by atoms with Gasteiger partial charge in [0.05, 0.1) is 16.0 Å². The van der Waals surface area contributed by atoms with Crippen LogP contribution in [0.1, 0.15) is 16.1 Å². The fraction of sp³-hybridized carbons (Fsp3) is 0. The van der Waals surface area contributed by atoms with Crippen LogP contribution >= 0.6 is 0 Å². The summed E-state index contributed by atoms with van der Waals surface area (Å²) < 4.78 is 0. The number of ketones is 1. The highest BCUT2D eigenvalue weighted by Gasteiger charge is 2.18. The number of aromatic nitrogens is 2. The lowest BCUT2D eigenvalue weighted by Gasteiger charge is -2.02. The van der Waals surface area contributed by atoms with Crippen molar-refractivity contribution in [3.63, 3.8) is 0 Å². The summed E-state index contributed by atoms with van der Waals surface area (Å²) in [6.07, 6.45) is 0. The molecule has 0 aliphatic heterocycles. The zero-order valence-corrected chi connectivity index (χ0v) is 11.1. The Hall–Kier alpha value is -3.35. The van der Waals surface area contributed by atoms with E-state index in [2.05, 4.69) is 9.97 Å². The number of H-pyrrole nitrogens is 1. The molecular formula is C15H9N3O4. The van der Waals surface area contributed by atoms with E-state index in [1.807, 2.05) is 0 Å². The summed E-state index contributed by atoms with van der Waals surface area (Å²) in [6, 6.07) is 12.0. The predicted octanol–water partition coefficient (Wildman–Crippen LogP) is 2.06. The van der Waals surface area contributed by atoms with Crippen LogP contribution < -0.4 is 5.56 Å². The first-order valence-electron chi connectivity index (χ1n) is 6.34. The largest absolute Gasteiger partial charge is 0.319 e. The van der Waals surface area contributed by atoms with E-state index in [4.69, 9.17) is 0 Å². The van der Waals surface area contributed by atoms with Gasteiger partial charge < -0.3 is 4.98 Å². The standard InChI is InChI=1S/C15H9N3O4/c19-14(9-4-3-5-10(8-9)18(21)22)13-15(20)17-12-7-2-1-6-11(12)16-13/h1-8H,(H,17,20). The Morgan fingerprint density at radius 1 is 1.14 bits per heavy atom. The molecule has 0 saturated heterocycles. The van der Waals surface area contributed by atoms with Gasteiger partial charge in [-0.25, -0.2) is 4.98 Å². The number of nitrogens with one attached hydrogen (secondary N) is 1. The van der Waals surface area contributed by atoms with Crippen LogP contribution in [0.5, 0.6) is 0 Å². The van der Waals surface area contributed by atoms with Gasteiger partial charge in [0.1, 0.15) is 0 Å². The number of fused-ring (bicyclic) bond motifs is 1. The van der Waals surface area contributed by atoms with Gasteiger partial charge in [0.2, 0.25) is 5.78 Å². The molecule has 22 heavy (non-hydrogen) atoms. The highest BCUT2D eigenvalue weighted by Crippen LogP contribution is 2.15. The van der Waals surface area contributed by atoms with Crippen LogP contribution in [0.3, 0.4) is 0 Å². The number of para-hydroxylation sites is 2. The topological polar surface area (TPSA) is 106 Å². The number of nitrogens with zero attached hydrogens (tertiary/aromatic N) is 2. The molecule has 0 amide bonds. The van der Waals surface area contributed by atoms with E-state index >= 15 is 0 Å².